The number of pyridine rings is 1. The molecule has 0 N–H and O–H groups in total. The van der Waals surface area contributed by atoms with Crippen molar-refractivity contribution >= 4 is 5.78 Å². The van der Waals surface area contributed by atoms with Gasteiger partial charge in [0.2, 0.25) is 0 Å². The molecular formula is C11H9N3O. The lowest BCUT2D eigenvalue weighted by Gasteiger charge is -1.99. The molecule has 0 aromatic carbocycles. The summed E-state index contributed by atoms with van der Waals surface area (Å²) >= 11 is 0. The lowest BCUT2D eigenvalue weighted by atomic mass is 10.3. The zero-order valence-corrected chi connectivity index (χ0v) is 8.05. The Labute approximate surface area is 86.6 Å². The SMILES string of the molecule is O=C1CCc2nn(-c3ccncc3)cc21. The molecule has 0 unspecified atom stereocenters. The molecule has 0 bridgehead atoms. The fraction of sp³-hybridized carbons (Fsp3) is 0.182. The quantitative estimate of drug-likeness (QED) is 0.697. The van der Waals surface area contributed by atoms with Crippen molar-refractivity contribution in [3.05, 3.63) is 42.0 Å². The van der Waals surface area contributed by atoms with Crippen molar-refractivity contribution in [3.63, 3.8) is 0 Å². The zero-order chi connectivity index (χ0) is 10.3. The van der Waals surface area contributed by atoms with Gasteiger partial charge in [-0.3, -0.25) is 9.78 Å². The Balaban J connectivity index is 2.09. The summed E-state index contributed by atoms with van der Waals surface area (Å²) in [6, 6.07) is 3.74. The van der Waals surface area contributed by atoms with E-state index in [0.717, 1.165) is 23.4 Å². The predicted octanol–water partition coefficient (Wildman–Crippen LogP) is 1.40. The molecule has 2 heterocycles. The number of aromatic nitrogens is 3. The van der Waals surface area contributed by atoms with Gasteiger partial charge in [-0.2, -0.15) is 5.10 Å². The molecule has 0 aliphatic heterocycles. The van der Waals surface area contributed by atoms with Crippen molar-refractivity contribution in [2.45, 2.75) is 12.8 Å². The summed E-state index contributed by atoms with van der Waals surface area (Å²) in [6.45, 7) is 0. The molecule has 15 heavy (non-hydrogen) atoms. The van der Waals surface area contributed by atoms with Crippen LogP contribution in [0.5, 0.6) is 0 Å². The molecule has 1 aliphatic rings. The summed E-state index contributed by atoms with van der Waals surface area (Å²) in [6.07, 6.45) is 6.61. The summed E-state index contributed by atoms with van der Waals surface area (Å²) in [7, 11) is 0. The monoisotopic (exact) mass is 199 g/mol. The Kier molecular flexibility index (Phi) is 1.68. The van der Waals surface area contributed by atoms with Gasteiger partial charge in [0.05, 0.1) is 16.9 Å². The number of aryl methyl sites for hydroxylation is 1. The summed E-state index contributed by atoms with van der Waals surface area (Å²) in [5, 5.41) is 4.38. The minimum Gasteiger partial charge on any atom is -0.294 e. The van der Waals surface area contributed by atoms with Gasteiger partial charge in [0.25, 0.3) is 0 Å². The topological polar surface area (TPSA) is 47.8 Å². The van der Waals surface area contributed by atoms with E-state index in [1.165, 1.54) is 0 Å². The van der Waals surface area contributed by atoms with Crippen molar-refractivity contribution in [1.29, 1.82) is 0 Å². The Hall–Kier alpha value is -1.97. The summed E-state index contributed by atoms with van der Waals surface area (Å²) in [5.74, 6) is 0.199. The largest absolute Gasteiger partial charge is 0.294 e. The van der Waals surface area contributed by atoms with Gasteiger partial charge < -0.3 is 0 Å². The molecular weight excluding hydrogens is 190 g/mol. The van der Waals surface area contributed by atoms with Gasteiger partial charge in [-0.1, -0.05) is 0 Å². The highest BCUT2D eigenvalue weighted by atomic mass is 16.1. The Morgan fingerprint density at radius 3 is 2.73 bits per heavy atom. The number of hydrogen-bond donors (Lipinski definition) is 0. The predicted molar refractivity (Wildman–Crippen MR) is 54.0 cm³/mol. The molecule has 2 aromatic rings. The van der Waals surface area contributed by atoms with E-state index in [2.05, 4.69) is 10.1 Å². The highest BCUT2D eigenvalue weighted by Gasteiger charge is 2.23. The van der Waals surface area contributed by atoms with E-state index in [0.29, 0.717) is 6.42 Å². The molecule has 0 amide bonds. The number of hydrogen-bond acceptors (Lipinski definition) is 3. The molecule has 0 radical (unpaired) electrons. The third-order valence-electron chi connectivity index (χ3n) is 2.61. The number of carbonyl (C=O) groups is 1. The summed E-state index contributed by atoms with van der Waals surface area (Å²) < 4.78 is 1.74. The number of Topliss-reactive ketones (excluding diaryl/α,β-unsaturated/α-hetero) is 1. The lowest BCUT2D eigenvalue weighted by molar-refractivity contribution is 0.0994. The van der Waals surface area contributed by atoms with Crippen molar-refractivity contribution in [2.75, 3.05) is 0 Å². The second-order valence-corrected chi connectivity index (χ2v) is 3.56. The summed E-state index contributed by atoms with van der Waals surface area (Å²) in [5.41, 5.74) is 2.62. The van der Waals surface area contributed by atoms with Crippen LogP contribution in [0.2, 0.25) is 0 Å². The molecule has 0 atom stereocenters. The average Bonchev–Trinajstić information content (AvgIpc) is 2.83. The highest BCUT2D eigenvalue weighted by molar-refractivity contribution is 5.99. The third-order valence-corrected chi connectivity index (χ3v) is 2.61. The minimum atomic E-state index is 0.199. The second kappa shape index (κ2) is 3.02. The van der Waals surface area contributed by atoms with Crippen LogP contribution in [-0.2, 0) is 6.42 Å². The van der Waals surface area contributed by atoms with Crippen molar-refractivity contribution in [2.24, 2.45) is 0 Å². The molecule has 3 rings (SSSR count). The standard InChI is InChI=1S/C11H9N3O/c15-11-2-1-10-9(11)7-14(13-10)8-3-5-12-6-4-8/h3-7H,1-2H2. The lowest BCUT2D eigenvalue weighted by Crippen LogP contribution is -1.97. The molecule has 4 nitrogen and oxygen atoms in total. The number of rotatable bonds is 1. The minimum absolute atomic E-state index is 0.199. The van der Waals surface area contributed by atoms with Crippen LogP contribution in [0, 0.1) is 0 Å². The van der Waals surface area contributed by atoms with Gasteiger partial charge in [-0.15, -0.1) is 0 Å². The average molecular weight is 199 g/mol. The van der Waals surface area contributed by atoms with Gasteiger partial charge in [-0.05, 0) is 18.6 Å². The number of ketones is 1. The number of fused-ring (bicyclic) bond motifs is 1. The van der Waals surface area contributed by atoms with Crippen LogP contribution in [0.3, 0.4) is 0 Å². The van der Waals surface area contributed by atoms with E-state index in [4.69, 9.17) is 0 Å². The molecule has 74 valence electrons. The van der Waals surface area contributed by atoms with Crippen molar-refractivity contribution in [3.8, 4) is 5.69 Å². The maximum absolute atomic E-state index is 11.4. The first-order valence-corrected chi connectivity index (χ1v) is 4.87. The molecule has 1 aliphatic carbocycles. The van der Waals surface area contributed by atoms with E-state index in [1.807, 2.05) is 12.1 Å². The zero-order valence-electron chi connectivity index (χ0n) is 8.05. The molecule has 4 heteroatoms. The van der Waals surface area contributed by atoms with Gasteiger partial charge in [0, 0.05) is 25.0 Å². The van der Waals surface area contributed by atoms with Gasteiger partial charge in [0.15, 0.2) is 5.78 Å². The van der Waals surface area contributed by atoms with Crippen LogP contribution in [0.15, 0.2) is 30.7 Å². The molecule has 0 fully saturated rings. The first-order valence-electron chi connectivity index (χ1n) is 4.87. The Morgan fingerprint density at radius 2 is 2.00 bits per heavy atom. The van der Waals surface area contributed by atoms with Crippen LogP contribution >= 0.6 is 0 Å². The van der Waals surface area contributed by atoms with Crippen molar-refractivity contribution in [1.82, 2.24) is 14.8 Å². The van der Waals surface area contributed by atoms with Gasteiger partial charge in [-0.25, -0.2) is 4.68 Å². The maximum atomic E-state index is 11.4. The van der Waals surface area contributed by atoms with Crippen LogP contribution in [0.4, 0.5) is 0 Å². The Morgan fingerprint density at radius 1 is 1.20 bits per heavy atom. The van der Waals surface area contributed by atoms with Gasteiger partial charge >= 0.3 is 0 Å². The molecule has 0 saturated carbocycles. The van der Waals surface area contributed by atoms with Gasteiger partial charge in [0.1, 0.15) is 0 Å². The normalized spacial score (nSPS) is 14.3. The van der Waals surface area contributed by atoms with Crippen LogP contribution < -0.4 is 0 Å². The van der Waals surface area contributed by atoms with E-state index >= 15 is 0 Å². The fourth-order valence-corrected chi connectivity index (χ4v) is 1.82. The fourth-order valence-electron chi connectivity index (χ4n) is 1.82. The van der Waals surface area contributed by atoms with E-state index in [-0.39, 0.29) is 5.78 Å². The smallest absolute Gasteiger partial charge is 0.166 e. The van der Waals surface area contributed by atoms with E-state index in [9.17, 15) is 4.79 Å². The van der Waals surface area contributed by atoms with Crippen LogP contribution in [0.25, 0.3) is 5.69 Å². The number of carbonyl (C=O) groups excluding carboxylic acids is 1. The molecule has 2 aromatic heterocycles. The van der Waals surface area contributed by atoms with E-state index in [1.54, 1.807) is 23.3 Å². The van der Waals surface area contributed by atoms with E-state index < -0.39 is 0 Å². The van der Waals surface area contributed by atoms with Crippen LogP contribution in [-0.4, -0.2) is 20.5 Å². The molecule has 0 saturated heterocycles. The highest BCUT2D eigenvalue weighted by Crippen LogP contribution is 2.21. The maximum Gasteiger partial charge on any atom is 0.166 e. The van der Waals surface area contributed by atoms with Crippen LogP contribution in [0.1, 0.15) is 22.5 Å². The molecule has 0 spiro atoms. The second-order valence-electron chi connectivity index (χ2n) is 3.56. The first-order chi connectivity index (χ1) is 7.34. The van der Waals surface area contributed by atoms with Crippen molar-refractivity contribution < 1.29 is 4.79 Å². The first kappa shape index (κ1) is 8.35. The Bertz CT molecular complexity index is 516. The number of nitrogens with zero attached hydrogens (tertiary/aromatic N) is 3. The summed E-state index contributed by atoms with van der Waals surface area (Å²) in [4.78, 5) is 15.4. The third kappa shape index (κ3) is 1.26.